The Morgan fingerprint density at radius 3 is 1.89 bits per heavy atom. The summed E-state index contributed by atoms with van der Waals surface area (Å²) in [6.45, 7) is 20.5. The molecule has 1 aromatic rings. The Balaban J connectivity index is 2.18. The number of carbonyl (C=O) groups is 1. The van der Waals surface area contributed by atoms with Gasteiger partial charge in [-0.3, -0.25) is 4.90 Å². The molecule has 158 valence electrons. The van der Waals surface area contributed by atoms with E-state index >= 15 is 0 Å². The van der Waals surface area contributed by atoms with Gasteiger partial charge in [0.25, 0.3) is 0 Å². The molecule has 0 aliphatic carbocycles. The van der Waals surface area contributed by atoms with Crippen LogP contribution in [0.15, 0.2) is 18.2 Å². The largest absolute Gasteiger partial charge is 0.458 e. The molecule has 0 N–H and O–H groups in total. The van der Waals surface area contributed by atoms with E-state index < -0.39 is 0 Å². The van der Waals surface area contributed by atoms with Crippen molar-refractivity contribution in [2.75, 3.05) is 6.54 Å². The highest BCUT2D eigenvalue weighted by Gasteiger charge is 2.28. The van der Waals surface area contributed by atoms with Gasteiger partial charge in [0, 0.05) is 18.6 Å². The fraction of sp³-hybridized carbons (Fsp3) is 0.720. The lowest BCUT2D eigenvalue weighted by atomic mass is 9.79. The van der Waals surface area contributed by atoms with Gasteiger partial charge in [-0.15, -0.1) is 0 Å². The molecule has 0 saturated carbocycles. The highest BCUT2D eigenvalue weighted by atomic mass is 16.5. The molecule has 3 heteroatoms. The highest BCUT2D eigenvalue weighted by Crippen LogP contribution is 2.31. The standard InChI is InChI=1S/C25H41NO2/c1-17-11-10-12-18(2)26(17)16-19(3)28-23(27)20-13-21(24(4,5)6)15-22(14-20)25(7,8)9/h13-15,17-19H,10-12,16H2,1-9H3/t17-,18+,19-/m0/s1. The van der Waals surface area contributed by atoms with E-state index in [1.807, 2.05) is 19.1 Å². The molecular formula is C25H41NO2. The molecule has 1 heterocycles. The lowest BCUT2D eigenvalue weighted by Gasteiger charge is -2.40. The first-order chi connectivity index (χ1) is 12.8. The van der Waals surface area contributed by atoms with Crippen LogP contribution >= 0.6 is 0 Å². The number of hydrogen-bond acceptors (Lipinski definition) is 3. The van der Waals surface area contributed by atoms with Crippen LogP contribution in [0.3, 0.4) is 0 Å². The summed E-state index contributed by atoms with van der Waals surface area (Å²) in [5.74, 6) is -0.207. The second-order valence-corrected chi connectivity index (χ2v) is 10.8. The number of benzene rings is 1. The van der Waals surface area contributed by atoms with Crippen LogP contribution in [0.1, 0.15) is 103 Å². The molecule has 2 rings (SSSR count). The number of rotatable bonds is 4. The zero-order chi connectivity index (χ0) is 21.3. The van der Waals surface area contributed by atoms with Gasteiger partial charge >= 0.3 is 5.97 Å². The van der Waals surface area contributed by atoms with Crippen molar-refractivity contribution in [1.82, 2.24) is 4.90 Å². The second-order valence-electron chi connectivity index (χ2n) is 10.8. The minimum atomic E-state index is -0.207. The molecule has 0 aromatic heterocycles. The Bertz CT molecular complexity index is 639. The van der Waals surface area contributed by atoms with Crippen LogP contribution in [-0.4, -0.2) is 35.6 Å². The molecule has 0 amide bonds. The van der Waals surface area contributed by atoms with E-state index in [-0.39, 0.29) is 22.9 Å². The minimum Gasteiger partial charge on any atom is -0.458 e. The average molecular weight is 388 g/mol. The SMILES string of the molecule is C[C@@H]1CCC[C@H](C)N1C[C@H](C)OC(=O)c1cc(C(C)(C)C)cc(C(C)(C)C)c1. The predicted octanol–water partition coefficient (Wildman–Crippen LogP) is 6.09. The molecule has 0 spiro atoms. The summed E-state index contributed by atoms with van der Waals surface area (Å²) >= 11 is 0. The molecule has 1 aliphatic heterocycles. The average Bonchev–Trinajstić information content (AvgIpc) is 2.56. The second kappa shape index (κ2) is 8.57. The normalized spacial score (nSPS) is 22.8. The molecule has 0 radical (unpaired) electrons. The van der Waals surface area contributed by atoms with Crippen molar-refractivity contribution in [3.05, 3.63) is 34.9 Å². The summed E-state index contributed by atoms with van der Waals surface area (Å²) < 4.78 is 5.89. The minimum absolute atomic E-state index is 0.0133. The summed E-state index contributed by atoms with van der Waals surface area (Å²) in [6.07, 6.45) is 3.63. The van der Waals surface area contributed by atoms with Gasteiger partial charge < -0.3 is 4.74 Å². The van der Waals surface area contributed by atoms with Crippen molar-refractivity contribution in [3.8, 4) is 0 Å². The van der Waals surface area contributed by atoms with Gasteiger partial charge in [0.1, 0.15) is 6.10 Å². The molecule has 1 saturated heterocycles. The van der Waals surface area contributed by atoms with Gasteiger partial charge in [-0.25, -0.2) is 4.79 Å². The van der Waals surface area contributed by atoms with Crippen LogP contribution in [0.4, 0.5) is 0 Å². The van der Waals surface area contributed by atoms with Gasteiger partial charge in [-0.05, 0) is 67.7 Å². The maximum atomic E-state index is 13.0. The van der Waals surface area contributed by atoms with Gasteiger partial charge in [-0.2, -0.15) is 0 Å². The molecule has 0 unspecified atom stereocenters. The van der Waals surface area contributed by atoms with Crippen LogP contribution < -0.4 is 0 Å². The van der Waals surface area contributed by atoms with E-state index in [0.717, 1.165) is 6.54 Å². The Labute approximate surface area is 172 Å². The van der Waals surface area contributed by atoms with Crippen LogP contribution in [0.2, 0.25) is 0 Å². The summed E-state index contributed by atoms with van der Waals surface area (Å²) in [5.41, 5.74) is 3.00. The number of carbonyl (C=O) groups excluding carboxylic acids is 1. The topological polar surface area (TPSA) is 29.5 Å². The third kappa shape index (κ3) is 5.83. The third-order valence-electron chi connectivity index (χ3n) is 6.05. The molecule has 1 aromatic carbocycles. The number of likely N-dealkylation sites (tertiary alicyclic amines) is 1. The van der Waals surface area contributed by atoms with Crippen molar-refractivity contribution in [2.24, 2.45) is 0 Å². The Morgan fingerprint density at radius 1 is 1.00 bits per heavy atom. The smallest absolute Gasteiger partial charge is 0.338 e. The summed E-state index contributed by atoms with van der Waals surface area (Å²) in [5, 5.41) is 0. The number of esters is 1. The molecule has 3 nitrogen and oxygen atoms in total. The molecule has 1 fully saturated rings. The summed E-state index contributed by atoms with van der Waals surface area (Å²) in [6, 6.07) is 7.37. The van der Waals surface area contributed by atoms with Gasteiger partial charge in [0.15, 0.2) is 0 Å². The van der Waals surface area contributed by atoms with Crippen LogP contribution in [0.5, 0.6) is 0 Å². The third-order valence-corrected chi connectivity index (χ3v) is 6.05. The van der Waals surface area contributed by atoms with E-state index in [9.17, 15) is 4.79 Å². The molecule has 3 atom stereocenters. The Morgan fingerprint density at radius 2 is 1.46 bits per heavy atom. The van der Waals surface area contributed by atoms with Crippen LogP contribution in [-0.2, 0) is 15.6 Å². The first-order valence-corrected chi connectivity index (χ1v) is 10.9. The number of ether oxygens (including phenoxy) is 1. The van der Waals surface area contributed by atoms with E-state index in [1.54, 1.807) is 0 Å². The maximum Gasteiger partial charge on any atom is 0.338 e. The lowest BCUT2D eigenvalue weighted by molar-refractivity contribution is 0.00809. The Kier molecular flexibility index (Phi) is 7.02. The number of hydrogen-bond donors (Lipinski definition) is 0. The predicted molar refractivity (Wildman–Crippen MR) is 118 cm³/mol. The van der Waals surface area contributed by atoms with E-state index in [4.69, 9.17) is 4.74 Å². The van der Waals surface area contributed by atoms with Crippen molar-refractivity contribution < 1.29 is 9.53 Å². The van der Waals surface area contributed by atoms with Crippen molar-refractivity contribution in [3.63, 3.8) is 0 Å². The molecule has 1 aliphatic rings. The van der Waals surface area contributed by atoms with E-state index in [0.29, 0.717) is 17.6 Å². The summed E-state index contributed by atoms with van der Waals surface area (Å²) in [4.78, 5) is 15.5. The lowest BCUT2D eigenvalue weighted by Crippen LogP contribution is -2.47. The number of piperidine rings is 1. The van der Waals surface area contributed by atoms with Gasteiger partial charge in [-0.1, -0.05) is 54.0 Å². The zero-order valence-electron chi connectivity index (χ0n) is 19.6. The van der Waals surface area contributed by atoms with Gasteiger partial charge in [0.05, 0.1) is 5.56 Å². The van der Waals surface area contributed by atoms with E-state index in [2.05, 4.69) is 66.4 Å². The van der Waals surface area contributed by atoms with Crippen molar-refractivity contribution >= 4 is 5.97 Å². The fourth-order valence-electron chi connectivity index (χ4n) is 4.03. The molecule has 0 bridgehead atoms. The molecule has 28 heavy (non-hydrogen) atoms. The van der Waals surface area contributed by atoms with Crippen LogP contribution in [0, 0.1) is 0 Å². The Hall–Kier alpha value is -1.35. The van der Waals surface area contributed by atoms with Crippen LogP contribution in [0.25, 0.3) is 0 Å². The quantitative estimate of drug-likeness (QED) is 0.586. The van der Waals surface area contributed by atoms with E-state index in [1.165, 1.54) is 30.4 Å². The molecular weight excluding hydrogens is 346 g/mol. The first-order valence-electron chi connectivity index (χ1n) is 10.9. The number of nitrogens with zero attached hydrogens (tertiary/aromatic N) is 1. The zero-order valence-corrected chi connectivity index (χ0v) is 19.6. The monoisotopic (exact) mass is 387 g/mol. The van der Waals surface area contributed by atoms with Crippen molar-refractivity contribution in [1.29, 1.82) is 0 Å². The van der Waals surface area contributed by atoms with Crippen molar-refractivity contribution in [2.45, 2.75) is 111 Å². The van der Waals surface area contributed by atoms with Gasteiger partial charge in [0.2, 0.25) is 0 Å². The summed E-state index contributed by atoms with van der Waals surface area (Å²) in [7, 11) is 0. The maximum absolute atomic E-state index is 13.0. The fourth-order valence-corrected chi connectivity index (χ4v) is 4.03. The highest BCUT2D eigenvalue weighted by molar-refractivity contribution is 5.90. The first kappa shape index (κ1) is 22.9.